The second-order valence-electron chi connectivity index (χ2n) is 6.82. The molecule has 0 aliphatic carbocycles. The second kappa shape index (κ2) is 7.19. The van der Waals surface area contributed by atoms with Crippen molar-refractivity contribution in [3.8, 4) is 11.1 Å². The third kappa shape index (κ3) is 3.40. The van der Waals surface area contributed by atoms with E-state index in [2.05, 4.69) is 0 Å². The highest BCUT2D eigenvalue weighted by Crippen LogP contribution is 2.32. The molecule has 1 heterocycles. The second-order valence-corrected chi connectivity index (χ2v) is 6.82. The molecule has 1 atom stereocenters. The summed E-state index contributed by atoms with van der Waals surface area (Å²) in [7, 11) is 1.32. The number of esters is 1. The van der Waals surface area contributed by atoms with Crippen molar-refractivity contribution in [3.63, 3.8) is 0 Å². The third-order valence-corrected chi connectivity index (χ3v) is 4.76. The zero-order valence-electron chi connectivity index (χ0n) is 15.3. The number of benzene rings is 2. The van der Waals surface area contributed by atoms with E-state index in [1.54, 1.807) is 23.1 Å². The molecule has 1 aliphatic rings. The third-order valence-electron chi connectivity index (χ3n) is 4.76. The highest BCUT2D eigenvalue weighted by atomic mass is 16.6. The van der Waals surface area contributed by atoms with Crippen molar-refractivity contribution in [3.05, 3.63) is 63.7 Å². The average Bonchev–Trinajstić information content (AvgIpc) is 2.97. The van der Waals surface area contributed by atoms with Gasteiger partial charge in [0.15, 0.2) is 0 Å². The first-order chi connectivity index (χ1) is 12.8. The monoisotopic (exact) mass is 368 g/mol. The number of hydrogen-bond donors (Lipinski definition) is 0. The molecule has 0 saturated heterocycles. The normalized spacial score (nSPS) is 14.2. The quantitative estimate of drug-likeness (QED) is 0.458. The lowest BCUT2D eigenvalue weighted by molar-refractivity contribution is -0.384. The van der Waals surface area contributed by atoms with Gasteiger partial charge >= 0.3 is 5.97 Å². The maximum absolute atomic E-state index is 12.8. The lowest BCUT2D eigenvalue weighted by atomic mass is 10.0. The van der Waals surface area contributed by atoms with Gasteiger partial charge in [-0.3, -0.25) is 14.9 Å². The van der Waals surface area contributed by atoms with Crippen molar-refractivity contribution in [1.82, 2.24) is 4.90 Å². The number of fused-ring (bicyclic) bond motifs is 1. The number of ether oxygens (including phenoxy) is 1. The largest absolute Gasteiger partial charge is 0.467 e. The number of nitro benzene ring substituents is 1. The Balaban J connectivity index is 1.91. The van der Waals surface area contributed by atoms with E-state index in [4.69, 9.17) is 4.74 Å². The number of amides is 1. The van der Waals surface area contributed by atoms with E-state index in [1.807, 2.05) is 26.0 Å². The number of methoxy groups -OCH3 is 1. The topological polar surface area (TPSA) is 89.8 Å². The Bertz CT molecular complexity index is 905. The van der Waals surface area contributed by atoms with Crippen molar-refractivity contribution >= 4 is 17.6 Å². The van der Waals surface area contributed by atoms with Gasteiger partial charge in [-0.25, -0.2) is 4.79 Å². The summed E-state index contributed by atoms with van der Waals surface area (Å²) >= 11 is 0. The van der Waals surface area contributed by atoms with Gasteiger partial charge in [-0.1, -0.05) is 19.9 Å². The number of nitro groups is 1. The first-order valence-corrected chi connectivity index (χ1v) is 8.60. The number of nitrogens with zero attached hydrogens (tertiary/aromatic N) is 2. The van der Waals surface area contributed by atoms with Gasteiger partial charge in [0.05, 0.1) is 12.0 Å². The molecule has 0 radical (unpaired) electrons. The molecular weight excluding hydrogens is 348 g/mol. The molecule has 0 spiro atoms. The molecule has 7 nitrogen and oxygen atoms in total. The molecule has 0 saturated carbocycles. The Labute approximate surface area is 156 Å². The predicted octanol–water partition coefficient (Wildman–Crippen LogP) is 3.42. The van der Waals surface area contributed by atoms with Crippen molar-refractivity contribution < 1.29 is 19.2 Å². The van der Waals surface area contributed by atoms with Gasteiger partial charge in [0, 0.05) is 24.2 Å². The van der Waals surface area contributed by atoms with Gasteiger partial charge in [-0.05, 0) is 46.9 Å². The SMILES string of the molecule is COC(=O)[C@H](C(C)C)N1Cc2cc(-c3ccc([N+](=O)[O-])cc3)ccc2C1=O. The van der Waals surface area contributed by atoms with Crippen LogP contribution in [0, 0.1) is 16.0 Å². The summed E-state index contributed by atoms with van der Waals surface area (Å²) < 4.78 is 4.87. The number of non-ortho nitro benzene ring substituents is 1. The molecule has 1 aliphatic heterocycles. The van der Waals surface area contributed by atoms with Crippen LogP contribution < -0.4 is 0 Å². The fourth-order valence-electron chi connectivity index (χ4n) is 3.40. The summed E-state index contributed by atoms with van der Waals surface area (Å²) in [4.78, 5) is 36.8. The summed E-state index contributed by atoms with van der Waals surface area (Å²) in [5.41, 5.74) is 3.10. The van der Waals surface area contributed by atoms with Crippen LogP contribution in [0.4, 0.5) is 5.69 Å². The van der Waals surface area contributed by atoms with E-state index in [0.717, 1.165) is 16.7 Å². The Morgan fingerprint density at radius 1 is 1.15 bits per heavy atom. The van der Waals surface area contributed by atoms with E-state index in [-0.39, 0.29) is 17.5 Å². The summed E-state index contributed by atoms with van der Waals surface area (Å²) in [6, 6.07) is 11.1. The van der Waals surface area contributed by atoms with Gasteiger partial charge < -0.3 is 9.64 Å². The maximum Gasteiger partial charge on any atom is 0.328 e. The number of carbonyl (C=O) groups is 2. The molecule has 0 N–H and O–H groups in total. The van der Waals surface area contributed by atoms with Gasteiger partial charge in [-0.15, -0.1) is 0 Å². The van der Waals surface area contributed by atoms with Crippen molar-refractivity contribution in [1.29, 1.82) is 0 Å². The van der Waals surface area contributed by atoms with Gasteiger partial charge in [0.2, 0.25) is 0 Å². The van der Waals surface area contributed by atoms with Crippen LogP contribution in [0.25, 0.3) is 11.1 Å². The summed E-state index contributed by atoms with van der Waals surface area (Å²) in [6.45, 7) is 4.08. The molecule has 0 fully saturated rings. The fraction of sp³-hybridized carbons (Fsp3) is 0.300. The van der Waals surface area contributed by atoms with Gasteiger partial charge in [-0.2, -0.15) is 0 Å². The first kappa shape index (κ1) is 18.6. The van der Waals surface area contributed by atoms with Crippen LogP contribution in [0.1, 0.15) is 29.8 Å². The Hall–Kier alpha value is -3.22. The van der Waals surface area contributed by atoms with Crippen LogP contribution in [-0.4, -0.2) is 34.9 Å². The van der Waals surface area contributed by atoms with Crippen molar-refractivity contribution in [2.45, 2.75) is 26.4 Å². The molecule has 140 valence electrons. The van der Waals surface area contributed by atoms with Crippen LogP contribution in [0.5, 0.6) is 0 Å². The average molecular weight is 368 g/mol. The van der Waals surface area contributed by atoms with Crippen LogP contribution >= 0.6 is 0 Å². The minimum Gasteiger partial charge on any atom is -0.467 e. The first-order valence-electron chi connectivity index (χ1n) is 8.60. The minimum atomic E-state index is -0.641. The summed E-state index contributed by atoms with van der Waals surface area (Å²) in [5, 5.41) is 10.8. The maximum atomic E-state index is 12.8. The predicted molar refractivity (Wildman–Crippen MR) is 99.0 cm³/mol. The number of carbonyl (C=O) groups excluding carboxylic acids is 2. The zero-order valence-corrected chi connectivity index (χ0v) is 15.3. The van der Waals surface area contributed by atoms with Crippen molar-refractivity contribution in [2.24, 2.45) is 5.92 Å². The molecule has 3 rings (SSSR count). The minimum absolute atomic E-state index is 0.0270. The molecule has 0 unspecified atom stereocenters. The van der Waals surface area contributed by atoms with E-state index in [1.165, 1.54) is 19.2 Å². The molecule has 0 bridgehead atoms. The van der Waals surface area contributed by atoms with E-state index < -0.39 is 16.9 Å². The zero-order chi connectivity index (χ0) is 19.7. The van der Waals surface area contributed by atoms with E-state index in [9.17, 15) is 19.7 Å². The summed E-state index contributed by atoms with van der Waals surface area (Å²) in [6.07, 6.45) is 0. The van der Waals surface area contributed by atoms with Gasteiger partial charge in [0.1, 0.15) is 6.04 Å². The Morgan fingerprint density at radius 3 is 2.33 bits per heavy atom. The molecular formula is C20H20N2O5. The van der Waals surface area contributed by atoms with Gasteiger partial charge in [0.25, 0.3) is 11.6 Å². The fourth-order valence-corrected chi connectivity index (χ4v) is 3.40. The number of hydrogen-bond acceptors (Lipinski definition) is 5. The lowest BCUT2D eigenvalue weighted by Crippen LogP contribution is -2.45. The molecule has 1 amide bonds. The molecule has 27 heavy (non-hydrogen) atoms. The van der Waals surface area contributed by atoms with E-state index in [0.29, 0.717) is 12.1 Å². The summed E-state index contributed by atoms with van der Waals surface area (Å²) in [5.74, 6) is -0.698. The molecule has 2 aromatic rings. The highest BCUT2D eigenvalue weighted by molar-refractivity contribution is 6.01. The highest BCUT2D eigenvalue weighted by Gasteiger charge is 2.38. The van der Waals surface area contributed by atoms with Crippen LogP contribution in [0.2, 0.25) is 0 Å². The van der Waals surface area contributed by atoms with Crippen LogP contribution in [-0.2, 0) is 16.1 Å². The smallest absolute Gasteiger partial charge is 0.328 e. The Kier molecular flexibility index (Phi) is 4.94. The lowest BCUT2D eigenvalue weighted by Gasteiger charge is -2.28. The molecule has 0 aromatic heterocycles. The van der Waals surface area contributed by atoms with Crippen LogP contribution in [0.3, 0.4) is 0 Å². The van der Waals surface area contributed by atoms with E-state index >= 15 is 0 Å². The standard InChI is InChI=1S/C20H20N2O5/c1-12(2)18(20(24)27-3)21-11-15-10-14(6-9-17(15)19(21)23)13-4-7-16(8-5-13)22(25)26/h4-10,12,18H,11H2,1-3H3/t18-/m0/s1. The number of rotatable bonds is 5. The van der Waals surface area contributed by atoms with Crippen LogP contribution in [0.15, 0.2) is 42.5 Å². The Morgan fingerprint density at radius 2 is 1.78 bits per heavy atom. The van der Waals surface area contributed by atoms with Crippen molar-refractivity contribution in [2.75, 3.05) is 7.11 Å². The molecule has 7 heteroatoms. The molecule has 2 aromatic carbocycles.